The van der Waals surface area contributed by atoms with Crippen molar-refractivity contribution in [3.8, 4) is 0 Å². The van der Waals surface area contributed by atoms with Crippen molar-refractivity contribution >= 4 is 17.6 Å². The number of carbonyl (C=O) groups is 3. The van der Waals surface area contributed by atoms with Gasteiger partial charge in [-0.1, -0.05) is 0 Å². The first-order valence-electron chi connectivity index (χ1n) is 9.26. The van der Waals surface area contributed by atoms with Crippen LogP contribution in [0.2, 0.25) is 0 Å². The zero-order valence-corrected chi connectivity index (χ0v) is 15.6. The predicted octanol–water partition coefficient (Wildman–Crippen LogP) is 0.734. The van der Waals surface area contributed by atoms with Crippen LogP contribution in [0.1, 0.15) is 34.8 Å². The van der Waals surface area contributed by atoms with Crippen molar-refractivity contribution in [1.29, 1.82) is 0 Å². The number of nitrogens with zero attached hydrogens (tertiary/aromatic N) is 3. The molecule has 1 spiro atoms. The average molecular weight is 386 g/mol. The highest BCUT2D eigenvalue weighted by molar-refractivity contribution is 6.41. The van der Waals surface area contributed by atoms with E-state index in [9.17, 15) is 14.4 Å². The van der Waals surface area contributed by atoms with E-state index in [2.05, 4.69) is 9.97 Å². The Kier molecular flexibility index (Phi) is 4.76. The van der Waals surface area contributed by atoms with Crippen molar-refractivity contribution in [1.82, 2.24) is 19.8 Å². The van der Waals surface area contributed by atoms with Crippen LogP contribution in [0.4, 0.5) is 0 Å². The van der Waals surface area contributed by atoms with Crippen molar-refractivity contribution in [2.24, 2.45) is 0 Å². The molecule has 0 aromatic carbocycles. The highest BCUT2D eigenvalue weighted by atomic mass is 16.5. The zero-order valence-electron chi connectivity index (χ0n) is 15.6. The van der Waals surface area contributed by atoms with Crippen LogP contribution in [0.15, 0.2) is 29.1 Å². The van der Waals surface area contributed by atoms with E-state index in [1.165, 1.54) is 24.3 Å². The lowest BCUT2D eigenvalue weighted by atomic mass is 9.78. The van der Waals surface area contributed by atoms with Crippen LogP contribution >= 0.6 is 0 Å². The molecule has 0 unspecified atom stereocenters. The Hall–Kier alpha value is -2.94. The lowest BCUT2D eigenvalue weighted by Gasteiger charge is -2.50. The summed E-state index contributed by atoms with van der Waals surface area (Å²) < 4.78 is 10.1. The Morgan fingerprint density at radius 3 is 2.75 bits per heavy atom. The fraction of sp³-hybridized carbons (Fsp3) is 0.474. The van der Waals surface area contributed by atoms with Gasteiger partial charge in [0.15, 0.2) is 5.76 Å². The summed E-state index contributed by atoms with van der Waals surface area (Å²) in [5.41, 5.74) is 1.29. The first kappa shape index (κ1) is 18.4. The fourth-order valence-electron chi connectivity index (χ4n) is 4.29. The minimum atomic E-state index is -0.655. The molecule has 2 aliphatic heterocycles. The van der Waals surface area contributed by atoms with Gasteiger partial charge in [-0.05, 0) is 25.0 Å². The molecule has 1 N–H and O–H groups in total. The Labute approximate surface area is 161 Å². The number of piperidine rings is 1. The molecule has 2 aliphatic rings. The number of ether oxygens (including phenoxy) is 1. The fourth-order valence-corrected chi connectivity index (χ4v) is 4.29. The van der Waals surface area contributed by atoms with Crippen molar-refractivity contribution in [3.63, 3.8) is 0 Å². The summed E-state index contributed by atoms with van der Waals surface area (Å²) in [5, 5.41) is 0. The number of carbonyl (C=O) groups excluding carboxylic acids is 3. The molecule has 4 rings (SSSR count). The molecule has 2 amide bonds. The number of imidazole rings is 1. The lowest BCUT2D eigenvalue weighted by Crippen LogP contribution is -2.60. The minimum Gasteiger partial charge on any atom is -0.461 e. The second-order valence-corrected chi connectivity index (χ2v) is 7.09. The second kappa shape index (κ2) is 7.23. The number of furan rings is 1. The first-order chi connectivity index (χ1) is 13.6. The molecule has 28 heavy (non-hydrogen) atoms. The van der Waals surface area contributed by atoms with Gasteiger partial charge in [0.05, 0.1) is 23.8 Å². The Morgan fingerprint density at radius 2 is 2.07 bits per heavy atom. The van der Waals surface area contributed by atoms with E-state index >= 15 is 0 Å². The number of methoxy groups -OCH3 is 1. The summed E-state index contributed by atoms with van der Waals surface area (Å²) in [7, 11) is 1.50. The molecule has 2 aromatic rings. The largest absolute Gasteiger partial charge is 0.461 e. The highest BCUT2D eigenvalue weighted by Gasteiger charge is 2.49. The van der Waals surface area contributed by atoms with E-state index in [4.69, 9.17) is 9.15 Å². The molecule has 4 heterocycles. The highest BCUT2D eigenvalue weighted by Crippen LogP contribution is 2.42. The summed E-state index contributed by atoms with van der Waals surface area (Å²) >= 11 is 0. The molecule has 2 aromatic heterocycles. The smallest absolute Gasteiger partial charge is 0.298 e. The summed E-state index contributed by atoms with van der Waals surface area (Å²) in [4.78, 5) is 48.6. The molecule has 148 valence electrons. The number of fused-ring (bicyclic) bond motifs is 2. The van der Waals surface area contributed by atoms with Crippen LogP contribution < -0.4 is 0 Å². The number of rotatable bonds is 4. The number of aromatic amines is 1. The predicted molar refractivity (Wildman–Crippen MR) is 96.4 cm³/mol. The van der Waals surface area contributed by atoms with E-state index in [0.29, 0.717) is 38.9 Å². The van der Waals surface area contributed by atoms with Crippen LogP contribution in [0, 0.1) is 0 Å². The third-order valence-corrected chi connectivity index (χ3v) is 5.65. The van der Waals surface area contributed by atoms with Gasteiger partial charge in [0, 0.05) is 38.9 Å². The maximum absolute atomic E-state index is 12.7. The quantitative estimate of drug-likeness (QED) is 0.613. The van der Waals surface area contributed by atoms with Gasteiger partial charge in [-0.15, -0.1) is 0 Å². The first-order valence-corrected chi connectivity index (χ1v) is 9.26. The van der Waals surface area contributed by atoms with Gasteiger partial charge in [0.25, 0.3) is 11.7 Å². The van der Waals surface area contributed by atoms with Crippen LogP contribution in [0.3, 0.4) is 0 Å². The topological polar surface area (TPSA) is 109 Å². The SMILES string of the molecule is COCC(=O)N1CCc2[nH]cnc2C12CCN(C(=O)C(=O)c1ccco1)CC2. The number of amides is 2. The van der Waals surface area contributed by atoms with Gasteiger partial charge in [-0.3, -0.25) is 14.4 Å². The van der Waals surface area contributed by atoms with E-state index in [1.807, 2.05) is 4.90 Å². The van der Waals surface area contributed by atoms with E-state index < -0.39 is 17.2 Å². The number of ketones is 1. The lowest BCUT2D eigenvalue weighted by molar-refractivity contribution is -0.147. The van der Waals surface area contributed by atoms with Gasteiger partial charge in [-0.25, -0.2) is 4.98 Å². The Bertz CT molecular complexity index is 880. The van der Waals surface area contributed by atoms with Crippen LogP contribution in [-0.4, -0.2) is 70.7 Å². The molecule has 9 nitrogen and oxygen atoms in total. The van der Waals surface area contributed by atoms with Gasteiger partial charge in [0.1, 0.15) is 6.61 Å². The van der Waals surface area contributed by atoms with Crippen molar-refractivity contribution in [3.05, 3.63) is 41.9 Å². The Balaban J connectivity index is 1.56. The molecule has 1 fully saturated rings. The Morgan fingerprint density at radius 1 is 1.29 bits per heavy atom. The van der Waals surface area contributed by atoms with Crippen molar-refractivity contribution < 1.29 is 23.5 Å². The van der Waals surface area contributed by atoms with Crippen LogP contribution in [-0.2, 0) is 26.3 Å². The third kappa shape index (κ3) is 2.91. The molecule has 1 saturated heterocycles. The van der Waals surface area contributed by atoms with Gasteiger partial charge < -0.3 is 23.9 Å². The summed E-state index contributed by atoms with van der Waals surface area (Å²) in [6.07, 6.45) is 4.74. The van der Waals surface area contributed by atoms with E-state index in [-0.39, 0.29) is 18.3 Å². The standard InChI is InChI=1S/C19H22N4O5/c1-27-11-15(24)23-7-4-13-17(21-12-20-13)19(23)5-8-22(9-6-19)18(26)16(25)14-3-2-10-28-14/h2-3,10,12H,4-9,11H2,1H3,(H,20,21). The number of nitrogens with one attached hydrogen (secondary N) is 1. The van der Waals surface area contributed by atoms with Gasteiger partial charge in [0.2, 0.25) is 5.91 Å². The van der Waals surface area contributed by atoms with Gasteiger partial charge in [-0.2, -0.15) is 0 Å². The zero-order chi connectivity index (χ0) is 19.7. The van der Waals surface area contributed by atoms with Crippen molar-refractivity contribution in [2.45, 2.75) is 24.8 Å². The third-order valence-electron chi connectivity index (χ3n) is 5.65. The molecular formula is C19H22N4O5. The average Bonchev–Trinajstić information content (AvgIpc) is 3.40. The van der Waals surface area contributed by atoms with Crippen LogP contribution in [0.25, 0.3) is 0 Å². The molecule has 0 radical (unpaired) electrons. The minimum absolute atomic E-state index is 0.00112. The number of H-pyrrole nitrogens is 1. The molecular weight excluding hydrogens is 364 g/mol. The van der Waals surface area contributed by atoms with Gasteiger partial charge >= 0.3 is 0 Å². The monoisotopic (exact) mass is 386 g/mol. The number of aromatic nitrogens is 2. The number of Topliss-reactive ketones (excluding diaryl/α,β-unsaturated/α-hetero) is 1. The molecule has 9 heteroatoms. The molecule has 0 atom stereocenters. The van der Waals surface area contributed by atoms with E-state index in [0.717, 1.165) is 11.4 Å². The summed E-state index contributed by atoms with van der Waals surface area (Å²) in [6.45, 7) is 1.28. The number of hydrogen-bond donors (Lipinski definition) is 1. The number of likely N-dealkylation sites (tertiary alicyclic amines) is 1. The summed E-state index contributed by atoms with van der Waals surface area (Å²) in [5.74, 6) is -1.30. The molecule has 0 aliphatic carbocycles. The summed E-state index contributed by atoms with van der Waals surface area (Å²) in [6, 6.07) is 3.06. The van der Waals surface area contributed by atoms with Crippen molar-refractivity contribution in [2.75, 3.05) is 33.4 Å². The second-order valence-electron chi connectivity index (χ2n) is 7.09. The molecule has 0 saturated carbocycles. The van der Waals surface area contributed by atoms with Crippen LogP contribution in [0.5, 0.6) is 0 Å². The van der Waals surface area contributed by atoms with E-state index in [1.54, 1.807) is 12.4 Å². The molecule has 0 bridgehead atoms. The number of hydrogen-bond acceptors (Lipinski definition) is 6. The maximum atomic E-state index is 12.7. The maximum Gasteiger partial charge on any atom is 0.298 e. The normalized spacial score (nSPS) is 18.2.